The molecule has 1 amide bonds. The third-order valence-corrected chi connectivity index (χ3v) is 6.29. The van der Waals surface area contributed by atoms with Gasteiger partial charge in [-0.2, -0.15) is 0 Å². The summed E-state index contributed by atoms with van der Waals surface area (Å²) in [5, 5.41) is 11.6. The van der Waals surface area contributed by atoms with Gasteiger partial charge >= 0.3 is 0 Å². The minimum absolute atomic E-state index is 0.0157. The number of aromatic nitrogens is 1. The molecule has 2 aromatic heterocycles. The number of carbonyl (C=O) groups is 2. The standard InChI is InChI=1S/C23H22N2O4S/c1-11-6-7-12(2)16(10-11)25-19(17-9-8-13(3)29-17)18(21(27)23(25)28)20(26)22-14(4)24-15(5)30-22/h6-10,19,27H,1-5H3. The second-order valence-corrected chi connectivity index (χ2v) is 8.76. The molecule has 3 aromatic rings. The van der Waals surface area contributed by atoms with E-state index in [0.717, 1.165) is 16.1 Å². The molecule has 0 saturated heterocycles. The molecule has 7 heteroatoms. The minimum Gasteiger partial charge on any atom is -0.503 e. The molecule has 0 aliphatic carbocycles. The monoisotopic (exact) mass is 422 g/mol. The molecule has 154 valence electrons. The molecule has 0 bridgehead atoms. The van der Waals surface area contributed by atoms with Crippen molar-refractivity contribution in [3.8, 4) is 0 Å². The van der Waals surface area contributed by atoms with Gasteiger partial charge in [-0.1, -0.05) is 12.1 Å². The average Bonchev–Trinajstić information content (AvgIpc) is 3.33. The maximum atomic E-state index is 13.5. The Morgan fingerprint density at radius 2 is 1.87 bits per heavy atom. The lowest BCUT2D eigenvalue weighted by Crippen LogP contribution is -2.31. The van der Waals surface area contributed by atoms with Gasteiger partial charge in [0, 0.05) is 5.69 Å². The molecular weight excluding hydrogens is 400 g/mol. The van der Waals surface area contributed by atoms with Crippen molar-refractivity contribution in [3.63, 3.8) is 0 Å². The molecule has 1 atom stereocenters. The SMILES string of the molecule is Cc1ccc(C)c(N2C(=O)C(O)=C(C(=O)c3sc(C)nc3C)C2c2ccc(C)o2)c1. The number of benzene rings is 1. The predicted molar refractivity (Wildman–Crippen MR) is 115 cm³/mol. The van der Waals surface area contributed by atoms with Crippen LogP contribution in [-0.4, -0.2) is 21.8 Å². The van der Waals surface area contributed by atoms with Crippen molar-refractivity contribution in [2.45, 2.75) is 40.7 Å². The molecule has 30 heavy (non-hydrogen) atoms. The van der Waals surface area contributed by atoms with Gasteiger partial charge in [-0.25, -0.2) is 4.98 Å². The zero-order chi connectivity index (χ0) is 21.7. The van der Waals surface area contributed by atoms with Crippen LogP contribution in [0.5, 0.6) is 0 Å². The minimum atomic E-state index is -0.860. The molecule has 6 nitrogen and oxygen atoms in total. The van der Waals surface area contributed by atoms with Gasteiger partial charge in [-0.15, -0.1) is 11.3 Å². The van der Waals surface area contributed by atoms with Gasteiger partial charge in [0.1, 0.15) is 17.6 Å². The zero-order valence-electron chi connectivity index (χ0n) is 17.4. The number of amides is 1. The van der Waals surface area contributed by atoms with Gasteiger partial charge in [0.05, 0.1) is 21.2 Å². The van der Waals surface area contributed by atoms with Crippen molar-refractivity contribution in [1.29, 1.82) is 0 Å². The molecule has 1 aromatic carbocycles. The van der Waals surface area contributed by atoms with Crippen molar-refractivity contribution >= 4 is 28.7 Å². The fourth-order valence-electron chi connectivity index (χ4n) is 3.80. The second-order valence-electron chi connectivity index (χ2n) is 7.55. The normalized spacial score (nSPS) is 16.6. The summed E-state index contributed by atoms with van der Waals surface area (Å²) in [6, 6.07) is 8.40. The van der Waals surface area contributed by atoms with E-state index in [1.165, 1.54) is 16.2 Å². The number of Topliss-reactive ketones (excluding diaryl/α,β-unsaturated/α-hetero) is 1. The first-order valence-electron chi connectivity index (χ1n) is 9.58. The van der Waals surface area contributed by atoms with Gasteiger partial charge in [0.2, 0.25) is 5.78 Å². The van der Waals surface area contributed by atoms with E-state index in [2.05, 4.69) is 4.98 Å². The second kappa shape index (κ2) is 7.25. The van der Waals surface area contributed by atoms with Crippen molar-refractivity contribution in [2.75, 3.05) is 4.90 Å². The molecule has 0 saturated carbocycles. The van der Waals surface area contributed by atoms with Crippen LogP contribution in [0.3, 0.4) is 0 Å². The summed E-state index contributed by atoms with van der Waals surface area (Å²) in [6.45, 7) is 9.18. The number of anilines is 1. The molecule has 1 aliphatic rings. The molecule has 0 spiro atoms. The van der Waals surface area contributed by atoms with E-state index in [1.54, 1.807) is 26.0 Å². The topological polar surface area (TPSA) is 83.6 Å². The van der Waals surface area contributed by atoms with Crippen LogP contribution in [0.25, 0.3) is 0 Å². The first-order chi connectivity index (χ1) is 14.2. The summed E-state index contributed by atoms with van der Waals surface area (Å²) in [5.41, 5.74) is 3.04. The third kappa shape index (κ3) is 3.15. The number of aliphatic hydroxyl groups is 1. The summed E-state index contributed by atoms with van der Waals surface area (Å²) in [4.78, 5) is 32.9. The quantitative estimate of drug-likeness (QED) is 0.594. The number of carbonyl (C=O) groups excluding carboxylic acids is 2. The summed E-state index contributed by atoms with van der Waals surface area (Å²) in [6.07, 6.45) is 0. The van der Waals surface area contributed by atoms with Crippen LogP contribution in [0.4, 0.5) is 5.69 Å². The number of hydrogen-bond donors (Lipinski definition) is 1. The fraction of sp³-hybridized carbons (Fsp3) is 0.261. The summed E-state index contributed by atoms with van der Waals surface area (Å²) >= 11 is 1.25. The summed E-state index contributed by atoms with van der Waals surface area (Å²) < 4.78 is 5.83. The van der Waals surface area contributed by atoms with E-state index in [0.29, 0.717) is 27.8 Å². The number of furan rings is 1. The molecule has 3 heterocycles. The Kier molecular flexibility index (Phi) is 4.86. The summed E-state index contributed by atoms with van der Waals surface area (Å²) in [7, 11) is 0. The Labute approximate surface area is 178 Å². The predicted octanol–water partition coefficient (Wildman–Crippen LogP) is 5.06. The number of hydrogen-bond acceptors (Lipinski definition) is 6. The number of aryl methyl sites for hydroxylation is 5. The van der Waals surface area contributed by atoms with Gasteiger partial charge < -0.3 is 9.52 Å². The zero-order valence-corrected chi connectivity index (χ0v) is 18.3. The maximum Gasteiger partial charge on any atom is 0.294 e. The first kappa shape index (κ1) is 20.1. The van der Waals surface area contributed by atoms with Gasteiger partial charge in [0.15, 0.2) is 5.76 Å². The van der Waals surface area contributed by atoms with Crippen molar-refractivity contribution in [3.05, 3.63) is 79.9 Å². The summed E-state index contributed by atoms with van der Waals surface area (Å²) in [5.74, 6) is -0.499. The Hall–Kier alpha value is -3.19. The van der Waals surface area contributed by atoms with Crippen LogP contribution in [0, 0.1) is 34.6 Å². The van der Waals surface area contributed by atoms with Crippen LogP contribution in [0.1, 0.15) is 49.1 Å². The van der Waals surface area contributed by atoms with E-state index in [-0.39, 0.29) is 5.57 Å². The molecular formula is C23H22N2O4S. The highest BCUT2D eigenvalue weighted by atomic mass is 32.1. The largest absolute Gasteiger partial charge is 0.503 e. The fourth-order valence-corrected chi connectivity index (χ4v) is 4.67. The average molecular weight is 423 g/mol. The van der Waals surface area contributed by atoms with Gasteiger partial charge in [-0.3, -0.25) is 14.5 Å². The lowest BCUT2D eigenvalue weighted by Gasteiger charge is -2.26. The molecule has 0 radical (unpaired) electrons. The van der Waals surface area contributed by atoms with E-state index < -0.39 is 23.5 Å². The Morgan fingerprint density at radius 1 is 1.13 bits per heavy atom. The van der Waals surface area contributed by atoms with Crippen LogP contribution in [-0.2, 0) is 4.79 Å². The lowest BCUT2D eigenvalue weighted by atomic mass is 9.98. The van der Waals surface area contributed by atoms with Crippen molar-refractivity contribution in [1.82, 2.24) is 4.98 Å². The van der Waals surface area contributed by atoms with Gasteiger partial charge in [-0.05, 0) is 63.9 Å². The van der Waals surface area contributed by atoms with Crippen LogP contribution < -0.4 is 4.90 Å². The third-order valence-electron chi connectivity index (χ3n) is 5.22. The molecule has 1 aliphatic heterocycles. The maximum absolute atomic E-state index is 13.5. The van der Waals surface area contributed by atoms with E-state index >= 15 is 0 Å². The Morgan fingerprint density at radius 3 is 2.47 bits per heavy atom. The van der Waals surface area contributed by atoms with Crippen molar-refractivity contribution < 1.29 is 19.1 Å². The van der Waals surface area contributed by atoms with Crippen molar-refractivity contribution in [2.24, 2.45) is 0 Å². The van der Waals surface area contributed by atoms with E-state index in [1.807, 2.05) is 39.0 Å². The van der Waals surface area contributed by atoms with Gasteiger partial charge in [0.25, 0.3) is 5.91 Å². The Balaban J connectivity index is 1.92. The van der Waals surface area contributed by atoms with E-state index in [4.69, 9.17) is 4.42 Å². The highest BCUT2D eigenvalue weighted by Gasteiger charge is 2.47. The molecule has 1 N–H and O–H groups in total. The molecule has 4 rings (SSSR count). The van der Waals surface area contributed by atoms with Crippen LogP contribution in [0.15, 0.2) is 46.1 Å². The Bertz CT molecular complexity index is 1220. The molecule has 1 unspecified atom stereocenters. The smallest absolute Gasteiger partial charge is 0.294 e. The number of nitrogens with zero attached hydrogens (tertiary/aromatic N) is 2. The first-order valence-corrected chi connectivity index (χ1v) is 10.4. The lowest BCUT2D eigenvalue weighted by molar-refractivity contribution is -0.117. The molecule has 0 fully saturated rings. The highest BCUT2D eigenvalue weighted by Crippen LogP contribution is 2.44. The number of aliphatic hydroxyl groups excluding tert-OH is 1. The van der Waals surface area contributed by atoms with Crippen LogP contribution >= 0.6 is 11.3 Å². The number of thiazole rings is 1. The van der Waals surface area contributed by atoms with E-state index in [9.17, 15) is 14.7 Å². The number of ketones is 1. The van der Waals surface area contributed by atoms with Crippen LogP contribution in [0.2, 0.25) is 0 Å². The highest BCUT2D eigenvalue weighted by molar-refractivity contribution is 7.14. The number of rotatable bonds is 4.